The first kappa shape index (κ1) is 14.6. The summed E-state index contributed by atoms with van der Waals surface area (Å²) in [5, 5.41) is 2.78. The van der Waals surface area contributed by atoms with Crippen molar-refractivity contribution in [1.29, 1.82) is 0 Å². The molecule has 0 bridgehead atoms. The van der Waals surface area contributed by atoms with E-state index in [0.717, 1.165) is 10.0 Å². The Bertz CT molecular complexity index is 626. The minimum atomic E-state index is -0.250. The molecule has 20 heavy (non-hydrogen) atoms. The van der Waals surface area contributed by atoms with Gasteiger partial charge < -0.3 is 11.1 Å². The Balaban J connectivity index is 2.04. The maximum Gasteiger partial charge on any atom is 0.274 e. The van der Waals surface area contributed by atoms with E-state index >= 15 is 0 Å². The molecule has 102 valence electrons. The van der Waals surface area contributed by atoms with Crippen LogP contribution in [0.25, 0.3) is 0 Å². The Kier molecular flexibility index (Phi) is 4.81. The van der Waals surface area contributed by atoms with Gasteiger partial charge >= 0.3 is 0 Å². The van der Waals surface area contributed by atoms with Gasteiger partial charge in [0.15, 0.2) is 0 Å². The van der Waals surface area contributed by atoms with Crippen LogP contribution in [0, 0.1) is 0 Å². The molecule has 0 spiro atoms. The van der Waals surface area contributed by atoms with Gasteiger partial charge in [0.25, 0.3) is 5.91 Å². The lowest BCUT2D eigenvalue weighted by Gasteiger charge is -2.06. The number of carbonyl (C=O) groups excluding carboxylic acids is 1. The van der Waals surface area contributed by atoms with Gasteiger partial charge in [-0.15, -0.1) is 0 Å². The predicted molar refractivity (Wildman–Crippen MR) is 86.8 cm³/mol. The second kappa shape index (κ2) is 6.58. The van der Waals surface area contributed by atoms with Gasteiger partial charge in [-0.2, -0.15) is 0 Å². The number of nitrogens with two attached hydrogens (primary N) is 1. The highest BCUT2D eigenvalue weighted by Gasteiger charge is 2.07. The molecule has 0 aliphatic carbocycles. The highest BCUT2D eigenvalue weighted by atomic mass is 79.9. The highest BCUT2D eigenvalue weighted by molar-refractivity contribution is 9.10. The fourth-order valence-corrected chi connectivity index (χ4v) is 2.01. The lowest BCUT2D eigenvalue weighted by Crippen LogP contribution is -2.14. The normalized spacial score (nSPS) is 10.1. The Morgan fingerprint density at radius 2 is 1.95 bits per heavy atom. The summed E-state index contributed by atoms with van der Waals surface area (Å²) in [6, 6.07) is 10.8. The monoisotopic (exact) mass is 349 g/mol. The number of halogens is 1. The molecule has 0 aliphatic rings. The summed E-state index contributed by atoms with van der Waals surface area (Å²) in [6.45, 7) is 0. The summed E-state index contributed by atoms with van der Waals surface area (Å²) in [7, 11) is 0. The van der Waals surface area contributed by atoms with Crippen LogP contribution in [0.2, 0.25) is 0 Å². The van der Waals surface area contributed by atoms with E-state index in [0.29, 0.717) is 22.8 Å². The van der Waals surface area contributed by atoms with Gasteiger partial charge in [-0.3, -0.25) is 4.79 Å². The van der Waals surface area contributed by atoms with E-state index in [1.807, 2.05) is 24.3 Å². The van der Waals surface area contributed by atoms with Crippen molar-refractivity contribution < 1.29 is 4.79 Å². The molecule has 3 N–H and O–H groups in total. The molecular formula is C14H12BrN3OS. The van der Waals surface area contributed by atoms with Gasteiger partial charge in [-0.05, 0) is 45.8 Å². The van der Waals surface area contributed by atoms with E-state index < -0.39 is 0 Å². The van der Waals surface area contributed by atoms with Crippen LogP contribution in [0.3, 0.4) is 0 Å². The lowest BCUT2D eigenvalue weighted by atomic mass is 10.1. The van der Waals surface area contributed by atoms with Crippen LogP contribution < -0.4 is 11.1 Å². The highest BCUT2D eigenvalue weighted by Crippen LogP contribution is 2.12. The Hall–Kier alpha value is -1.79. The summed E-state index contributed by atoms with van der Waals surface area (Å²) in [5.41, 5.74) is 7.55. The average molecular weight is 350 g/mol. The summed E-state index contributed by atoms with van der Waals surface area (Å²) in [5.74, 6) is -0.250. The summed E-state index contributed by atoms with van der Waals surface area (Å²) in [6.07, 6.45) is 2.14. The lowest BCUT2D eigenvalue weighted by molar-refractivity contribution is 0.102. The number of pyridine rings is 1. The van der Waals surface area contributed by atoms with Crippen molar-refractivity contribution in [2.45, 2.75) is 6.42 Å². The second-order valence-electron chi connectivity index (χ2n) is 4.16. The number of rotatable bonds is 4. The third-order valence-corrected chi connectivity index (χ3v) is 3.16. The number of anilines is 1. The molecule has 2 aromatic rings. The third-order valence-electron chi connectivity index (χ3n) is 2.55. The molecule has 0 aliphatic heterocycles. The van der Waals surface area contributed by atoms with Gasteiger partial charge in [-0.1, -0.05) is 24.4 Å². The number of aromatic nitrogens is 1. The fourth-order valence-electron chi connectivity index (χ4n) is 1.61. The first-order chi connectivity index (χ1) is 9.54. The quantitative estimate of drug-likeness (QED) is 0.832. The zero-order valence-corrected chi connectivity index (χ0v) is 12.9. The molecule has 0 fully saturated rings. The number of benzene rings is 1. The number of nitrogens with one attached hydrogen (secondary N) is 1. The molecule has 0 atom stereocenters. The SMILES string of the molecule is NC(=S)Cc1ccc(NC(=O)c2ccc(Br)cn2)cc1. The minimum Gasteiger partial charge on any atom is -0.393 e. The molecule has 1 aromatic heterocycles. The van der Waals surface area contributed by atoms with Gasteiger partial charge in [0.2, 0.25) is 0 Å². The molecular weight excluding hydrogens is 338 g/mol. The van der Waals surface area contributed by atoms with E-state index in [4.69, 9.17) is 18.0 Å². The zero-order chi connectivity index (χ0) is 14.5. The van der Waals surface area contributed by atoms with Crippen molar-refractivity contribution in [1.82, 2.24) is 4.98 Å². The fraction of sp³-hybridized carbons (Fsp3) is 0.0714. The Labute approximate surface area is 130 Å². The number of carbonyl (C=O) groups is 1. The zero-order valence-electron chi connectivity index (χ0n) is 10.5. The van der Waals surface area contributed by atoms with E-state index in [1.54, 1.807) is 18.3 Å². The van der Waals surface area contributed by atoms with Crippen molar-refractivity contribution in [2.24, 2.45) is 5.73 Å². The van der Waals surface area contributed by atoms with Gasteiger partial charge in [-0.25, -0.2) is 4.98 Å². The van der Waals surface area contributed by atoms with Crippen molar-refractivity contribution in [3.05, 3.63) is 58.3 Å². The number of nitrogens with zero attached hydrogens (tertiary/aromatic N) is 1. The molecule has 0 unspecified atom stereocenters. The van der Waals surface area contributed by atoms with Crippen LogP contribution >= 0.6 is 28.1 Å². The first-order valence-corrected chi connectivity index (χ1v) is 7.05. The molecule has 1 aromatic carbocycles. The Morgan fingerprint density at radius 3 is 2.50 bits per heavy atom. The number of hydrogen-bond donors (Lipinski definition) is 2. The maximum atomic E-state index is 12.0. The van der Waals surface area contributed by atoms with E-state index in [9.17, 15) is 4.79 Å². The first-order valence-electron chi connectivity index (χ1n) is 5.85. The van der Waals surface area contributed by atoms with Crippen molar-refractivity contribution in [3.63, 3.8) is 0 Å². The molecule has 0 saturated carbocycles. The average Bonchev–Trinajstić information content (AvgIpc) is 2.41. The number of amides is 1. The van der Waals surface area contributed by atoms with Gasteiger partial charge in [0, 0.05) is 22.8 Å². The van der Waals surface area contributed by atoms with E-state index in [2.05, 4.69) is 26.2 Å². The number of hydrogen-bond acceptors (Lipinski definition) is 3. The largest absolute Gasteiger partial charge is 0.393 e. The van der Waals surface area contributed by atoms with Crippen LogP contribution in [-0.4, -0.2) is 15.9 Å². The molecule has 1 amide bonds. The van der Waals surface area contributed by atoms with Gasteiger partial charge in [0.05, 0.1) is 4.99 Å². The Morgan fingerprint density at radius 1 is 1.25 bits per heavy atom. The summed E-state index contributed by atoms with van der Waals surface area (Å²) < 4.78 is 0.830. The predicted octanol–water partition coefficient (Wildman–Crippen LogP) is 2.93. The van der Waals surface area contributed by atoms with E-state index in [-0.39, 0.29) is 5.91 Å². The standard InChI is InChI=1S/C14H12BrN3OS/c15-10-3-6-12(17-8-10)14(19)18-11-4-1-9(2-5-11)7-13(16)20/h1-6,8H,7H2,(H2,16,20)(H,18,19). The van der Waals surface area contributed by atoms with Crippen molar-refractivity contribution >= 4 is 44.7 Å². The molecule has 2 rings (SSSR count). The van der Waals surface area contributed by atoms with Crippen LogP contribution in [0.15, 0.2) is 47.1 Å². The van der Waals surface area contributed by atoms with Gasteiger partial charge in [0.1, 0.15) is 5.69 Å². The molecule has 4 nitrogen and oxygen atoms in total. The topological polar surface area (TPSA) is 68.0 Å². The molecule has 0 radical (unpaired) electrons. The van der Waals surface area contributed by atoms with Crippen LogP contribution in [0.5, 0.6) is 0 Å². The van der Waals surface area contributed by atoms with E-state index in [1.165, 1.54) is 0 Å². The summed E-state index contributed by atoms with van der Waals surface area (Å²) >= 11 is 8.12. The maximum absolute atomic E-state index is 12.0. The van der Waals surface area contributed by atoms with Crippen LogP contribution in [0.1, 0.15) is 16.1 Å². The summed E-state index contributed by atoms with van der Waals surface area (Å²) in [4.78, 5) is 16.4. The van der Waals surface area contributed by atoms with Crippen molar-refractivity contribution in [2.75, 3.05) is 5.32 Å². The molecule has 6 heteroatoms. The number of thiocarbonyl (C=S) groups is 1. The second-order valence-corrected chi connectivity index (χ2v) is 5.60. The minimum absolute atomic E-state index is 0.250. The van der Waals surface area contributed by atoms with Crippen LogP contribution in [-0.2, 0) is 6.42 Å². The third kappa shape index (κ3) is 4.11. The molecule has 0 saturated heterocycles. The molecule has 1 heterocycles. The van der Waals surface area contributed by atoms with Crippen molar-refractivity contribution in [3.8, 4) is 0 Å². The smallest absolute Gasteiger partial charge is 0.274 e. The van der Waals surface area contributed by atoms with Crippen LogP contribution in [0.4, 0.5) is 5.69 Å².